The van der Waals surface area contributed by atoms with Crippen LogP contribution in [0.1, 0.15) is 17.7 Å². The third-order valence-electron chi connectivity index (χ3n) is 5.76. The highest BCUT2D eigenvalue weighted by Crippen LogP contribution is 2.24. The lowest BCUT2D eigenvalue weighted by atomic mass is 10.2. The first-order valence-corrected chi connectivity index (χ1v) is 11.2. The van der Waals surface area contributed by atoms with Gasteiger partial charge in [-0.25, -0.2) is 4.68 Å². The molecule has 0 saturated carbocycles. The molecular formula is C25H33IN6O2. The Balaban J connectivity index is 0.00000324. The van der Waals surface area contributed by atoms with Crippen LogP contribution >= 0.6 is 24.0 Å². The molecule has 2 aromatic carbocycles. The summed E-state index contributed by atoms with van der Waals surface area (Å²) in [5, 5.41) is 11.6. The zero-order valence-electron chi connectivity index (χ0n) is 19.9. The van der Waals surface area contributed by atoms with Crippen molar-refractivity contribution in [2.24, 2.45) is 4.99 Å². The summed E-state index contributed by atoms with van der Waals surface area (Å²) in [5.41, 5.74) is 3.19. The van der Waals surface area contributed by atoms with Crippen molar-refractivity contribution in [2.45, 2.75) is 25.6 Å². The summed E-state index contributed by atoms with van der Waals surface area (Å²) in [7, 11) is 5.16. The number of para-hydroxylation sites is 1. The number of aromatic nitrogens is 2. The summed E-state index contributed by atoms with van der Waals surface area (Å²) >= 11 is 0. The summed E-state index contributed by atoms with van der Waals surface area (Å²) in [6.45, 7) is 3.44. The van der Waals surface area contributed by atoms with Gasteiger partial charge in [0.25, 0.3) is 0 Å². The van der Waals surface area contributed by atoms with Crippen LogP contribution in [0.5, 0.6) is 11.5 Å². The van der Waals surface area contributed by atoms with Gasteiger partial charge in [0.05, 0.1) is 32.1 Å². The van der Waals surface area contributed by atoms with Gasteiger partial charge in [0, 0.05) is 45.0 Å². The van der Waals surface area contributed by atoms with Gasteiger partial charge in [0.1, 0.15) is 11.5 Å². The van der Waals surface area contributed by atoms with Crippen molar-refractivity contribution in [3.05, 3.63) is 72.1 Å². The Bertz CT molecular complexity index is 1050. The van der Waals surface area contributed by atoms with Crippen LogP contribution in [0, 0.1) is 0 Å². The second-order valence-corrected chi connectivity index (χ2v) is 8.10. The van der Waals surface area contributed by atoms with E-state index in [1.807, 2.05) is 53.3 Å². The van der Waals surface area contributed by atoms with Crippen LogP contribution in [0.3, 0.4) is 0 Å². The number of methoxy groups -OCH3 is 2. The van der Waals surface area contributed by atoms with E-state index in [0.717, 1.165) is 54.9 Å². The number of likely N-dealkylation sites (tertiary alicyclic amines) is 1. The molecule has 34 heavy (non-hydrogen) atoms. The Morgan fingerprint density at radius 2 is 1.82 bits per heavy atom. The maximum Gasteiger partial charge on any atom is 0.191 e. The highest BCUT2D eigenvalue weighted by molar-refractivity contribution is 14.0. The molecule has 1 aliphatic rings. The van der Waals surface area contributed by atoms with Crippen LogP contribution in [-0.2, 0) is 13.1 Å². The van der Waals surface area contributed by atoms with Crippen molar-refractivity contribution in [3.63, 3.8) is 0 Å². The van der Waals surface area contributed by atoms with Crippen LogP contribution in [-0.4, -0.2) is 61.0 Å². The number of ether oxygens (including phenoxy) is 2. The number of hydrogen-bond donors (Lipinski definition) is 2. The fraction of sp³-hybridized carbons (Fsp3) is 0.360. The molecule has 2 heterocycles. The first-order valence-electron chi connectivity index (χ1n) is 11.2. The normalized spacial score (nSPS) is 16.1. The number of guanidine groups is 1. The fourth-order valence-electron chi connectivity index (χ4n) is 4.05. The van der Waals surface area contributed by atoms with Gasteiger partial charge in [-0.15, -0.1) is 24.0 Å². The van der Waals surface area contributed by atoms with Gasteiger partial charge < -0.3 is 20.1 Å². The molecule has 1 fully saturated rings. The summed E-state index contributed by atoms with van der Waals surface area (Å²) < 4.78 is 12.7. The third kappa shape index (κ3) is 6.86. The van der Waals surface area contributed by atoms with E-state index < -0.39 is 0 Å². The molecule has 9 heteroatoms. The second-order valence-electron chi connectivity index (χ2n) is 8.10. The van der Waals surface area contributed by atoms with Gasteiger partial charge >= 0.3 is 0 Å². The Morgan fingerprint density at radius 1 is 1.09 bits per heavy atom. The first-order chi connectivity index (χ1) is 16.2. The predicted molar refractivity (Wildman–Crippen MR) is 146 cm³/mol. The average molecular weight is 576 g/mol. The van der Waals surface area contributed by atoms with Gasteiger partial charge in [-0.05, 0) is 42.3 Å². The second kappa shape index (κ2) is 12.6. The Kier molecular flexibility index (Phi) is 9.58. The van der Waals surface area contributed by atoms with E-state index in [0.29, 0.717) is 12.6 Å². The lowest BCUT2D eigenvalue weighted by molar-refractivity contribution is 0.321. The largest absolute Gasteiger partial charge is 0.497 e. The molecule has 0 radical (unpaired) electrons. The van der Waals surface area contributed by atoms with Gasteiger partial charge in [0.15, 0.2) is 5.96 Å². The van der Waals surface area contributed by atoms with E-state index in [2.05, 4.69) is 37.8 Å². The topological polar surface area (TPSA) is 75.9 Å². The molecule has 0 amide bonds. The lowest BCUT2D eigenvalue weighted by Gasteiger charge is -2.19. The van der Waals surface area contributed by atoms with Crippen LogP contribution in [0.15, 0.2) is 65.8 Å². The molecular weight excluding hydrogens is 543 g/mol. The van der Waals surface area contributed by atoms with Gasteiger partial charge in [-0.3, -0.25) is 9.89 Å². The fourth-order valence-corrected chi connectivity index (χ4v) is 4.05. The maximum atomic E-state index is 5.40. The SMILES string of the molecule is CN=C(NCc1ccn(-c2ccccc2)n1)NC1CCN(Cc2cc(OC)cc(OC)c2)C1.I. The standard InChI is InChI=1S/C25H32N6O2.HI/c1-26-25(27-16-20-10-12-31(29-20)22-7-5-4-6-8-22)28-21-9-11-30(18-21)17-19-13-23(32-2)15-24(14-19)33-3;/h4-8,10,12-15,21H,9,11,16-18H2,1-3H3,(H2,26,27,28);1H. The van der Waals surface area contributed by atoms with E-state index in [1.54, 1.807) is 21.3 Å². The van der Waals surface area contributed by atoms with Crippen molar-refractivity contribution in [1.29, 1.82) is 0 Å². The molecule has 182 valence electrons. The van der Waals surface area contributed by atoms with Crippen molar-refractivity contribution >= 4 is 29.9 Å². The molecule has 0 aliphatic carbocycles. The van der Waals surface area contributed by atoms with E-state index in [1.165, 1.54) is 5.56 Å². The molecule has 1 atom stereocenters. The smallest absolute Gasteiger partial charge is 0.191 e. The molecule has 4 rings (SSSR count). The summed E-state index contributed by atoms with van der Waals surface area (Å²) in [6, 6.07) is 18.5. The van der Waals surface area contributed by atoms with Crippen molar-refractivity contribution in [1.82, 2.24) is 25.3 Å². The van der Waals surface area contributed by atoms with E-state index in [4.69, 9.17) is 9.47 Å². The average Bonchev–Trinajstić information content (AvgIpc) is 3.51. The number of rotatable bonds is 8. The minimum atomic E-state index is 0. The predicted octanol–water partition coefficient (Wildman–Crippen LogP) is 3.45. The van der Waals surface area contributed by atoms with Crippen molar-refractivity contribution < 1.29 is 9.47 Å². The highest BCUT2D eigenvalue weighted by atomic mass is 127. The van der Waals surface area contributed by atoms with Crippen LogP contribution < -0.4 is 20.1 Å². The molecule has 1 saturated heterocycles. The number of halogens is 1. The molecule has 2 N–H and O–H groups in total. The Labute approximate surface area is 218 Å². The third-order valence-corrected chi connectivity index (χ3v) is 5.76. The quantitative estimate of drug-likeness (QED) is 0.243. The van der Waals surface area contributed by atoms with Gasteiger partial charge in [-0.2, -0.15) is 5.10 Å². The lowest BCUT2D eigenvalue weighted by Crippen LogP contribution is -2.44. The number of nitrogens with zero attached hydrogens (tertiary/aromatic N) is 4. The Morgan fingerprint density at radius 3 is 2.50 bits per heavy atom. The van der Waals surface area contributed by atoms with E-state index in [9.17, 15) is 0 Å². The summed E-state index contributed by atoms with van der Waals surface area (Å²) in [5.74, 6) is 2.43. The van der Waals surface area contributed by atoms with Crippen molar-refractivity contribution in [2.75, 3.05) is 34.4 Å². The minimum absolute atomic E-state index is 0. The minimum Gasteiger partial charge on any atom is -0.497 e. The molecule has 1 aromatic heterocycles. The van der Waals surface area contributed by atoms with Gasteiger partial charge in [0.2, 0.25) is 0 Å². The zero-order chi connectivity index (χ0) is 23.0. The first kappa shape index (κ1) is 25.8. The van der Waals surface area contributed by atoms with Gasteiger partial charge in [-0.1, -0.05) is 18.2 Å². The zero-order valence-corrected chi connectivity index (χ0v) is 22.2. The maximum absolute atomic E-state index is 5.40. The van der Waals surface area contributed by atoms with Crippen LogP contribution in [0.25, 0.3) is 5.69 Å². The van der Waals surface area contributed by atoms with Crippen LogP contribution in [0.4, 0.5) is 0 Å². The molecule has 0 bridgehead atoms. The highest BCUT2D eigenvalue weighted by Gasteiger charge is 2.23. The molecule has 0 spiro atoms. The number of aliphatic imine (C=N–C) groups is 1. The Hall–Kier alpha value is -2.79. The van der Waals surface area contributed by atoms with Crippen LogP contribution in [0.2, 0.25) is 0 Å². The summed E-state index contributed by atoms with van der Waals surface area (Å²) in [6.07, 6.45) is 3.04. The monoisotopic (exact) mass is 576 g/mol. The molecule has 8 nitrogen and oxygen atoms in total. The molecule has 3 aromatic rings. The van der Waals surface area contributed by atoms with Crippen molar-refractivity contribution in [3.8, 4) is 17.2 Å². The number of benzene rings is 2. The van der Waals surface area contributed by atoms with E-state index in [-0.39, 0.29) is 24.0 Å². The summed E-state index contributed by atoms with van der Waals surface area (Å²) in [4.78, 5) is 6.83. The van der Waals surface area contributed by atoms with E-state index >= 15 is 0 Å². The molecule has 1 unspecified atom stereocenters. The molecule has 1 aliphatic heterocycles. The number of nitrogens with one attached hydrogen (secondary N) is 2. The number of hydrogen-bond acceptors (Lipinski definition) is 5.